The van der Waals surface area contributed by atoms with Crippen LogP contribution in [0.15, 0.2) is 6.07 Å². The van der Waals surface area contributed by atoms with Gasteiger partial charge < -0.3 is 25.4 Å². The van der Waals surface area contributed by atoms with Crippen LogP contribution in [0, 0.1) is 0 Å². The number of rotatable bonds is 3. The number of phenols is 1. The molecule has 88 valence electrons. The molecule has 4 N–H and O–H groups in total. The van der Waals surface area contributed by atoms with Crippen LogP contribution >= 0.6 is 11.6 Å². The predicted molar refractivity (Wildman–Crippen MR) is 57.9 cm³/mol. The van der Waals surface area contributed by atoms with E-state index >= 15 is 0 Å². The Morgan fingerprint density at radius 1 is 1.50 bits per heavy atom. The Morgan fingerprint density at radius 3 is 2.94 bits per heavy atom. The molecule has 0 amide bonds. The molecule has 2 rings (SSSR count). The van der Waals surface area contributed by atoms with Crippen molar-refractivity contribution in [3.05, 3.63) is 16.7 Å². The number of benzene rings is 1. The molecule has 6 heteroatoms. The summed E-state index contributed by atoms with van der Waals surface area (Å²) < 4.78 is 10.3. The quantitative estimate of drug-likeness (QED) is 0.744. The van der Waals surface area contributed by atoms with Gasteiger partial charge in [0.05, 0.1) is 0 Å². The van der Waals surface area contributed by atoms with Gasteiger partial charge in [-0.2, -0.15) is 0 Å². The maximum Gasteiger partial charge on any atom is 0.231 e. The second-order valence-electron chi connectivity index (χ2n) is 3.48. The molecule has 0 saturated carbocycles. The van der Waals surface area contributed by atoms with E-state index in [1.807, 2.05) is 0 Å². The van der Waals surface area contributed by atoms with Gasteiger partial charge in [0.15, 0.2) is 11.5 Å². The lowest BCUT2D eigenvalue weighted by Gasteiger charge is -2.14. The minimum Gasteiger partial charge on any atom is -0.506 e. The molecule has 0 aromatic heterocycles. The first-order chi connectivity index (χ1) is 7.65. The zero-order valence-corrected chi connectivity index (χ0v) is 9.20. The van der Waals surface area contributed by atoms with E-state index < -0.39 is 6.04 Å². The van der Waals surface area contributed by atoms with Crippen molar-refractivity contribution in [2.45, 2.75) is 12.5 Å². The molecule has 0 saturated heterocycles. The van der Waals surface area contributed by atoms with Gasteiger partial charge in [-0.25, -0.2) is 0 Å². The summed E-state index contributed by atoms with van der Waals surface area (Å²) in [5.41, 5.74) is 6.24. The Morgan fingerprint density at radius 2 is 2.25 bits per heavy atom. The van der Waals surface area contributed by atoms with Crippen LogP contribution in [-0.2, 0) is 0 Å². The largest absolute Gasteiger partial charge is 0.506 e. The molecule has 0 spiro atoms. The van der Waals surface area contributed by atoms with E-state index in [2.05, 4.69) is 0 Å². The minimum atomic E-state index is -0.489. The standard InChI is InChI=1S/C10H12ClNO4/c11-8-9(14)5(6(12)1-2-13)3-7-10(8)16-4-15-7/h3,6,13-14H,1-2,4,12H2. The number of ether oxygens (including phenoxy) is 2. The molecule has 1 atom stereocenters. The first-order valence-corrected chi connectivity index (χ1v) is 5.20. The molecule has 5 nitrogen and oxygen atoms in total. The Bertz CT molecular complexity index is 410. The molecule has 0 radical (unpaired) electrons. The topological polar surface area (TPSA) is 84.9 Å². The van der Waals surface area contributed by atoms with Crippen molar-refractivity contribution < 1.29 is 19.7 Å². The van der Waals surface area contributed by atoms with Crippen molar-refractivity contribution in [2.75, 3.05) is 13.4 Å². The molecule has 0 aliphatic carbocycles. The van der Waals surface area contributed by atoms with Gasteiger partial charge in [0.2, 0.25) is 6.79 Å². The van der Waals surface area contributed by atoms with Gasteiger partial charge in [-0.1, -0.05) is 11.6 Å². The van der Waals surface area contributed by atoms with Crippen molar-refractivity contribution in [3.63, 3.8) is 0 Å². The summed E-state index contributed by atoms with van der Waals surface area (Å²) >= 11 is 5.91. The van der Waals surface area contributed by atoms with Gasteiger partial charge >= 0.3 is 0 Å². The Balaban J connectivity index is 2.43. The lowest BCUT2D eigenvalue weighted by molar-refractivity contribution is 0.174. The van der Waals surface area contributed by atoms with Crippen molar-refractivity contribution in [2.24, 2.45) is 5.73 Å². The second-order valence-corrected chi connectivity index (χ2v) is 3.86. The number of halogens is 1. The van der Waals surface area contributed by atoms with Crippen molar-refractivity contribution in [3.8, 4) is 17.2 Å². The van der Waals surface area contributed by atoms with E-state index in [1.165, 1.54) is 0 Å². The fourth-order valence-electron chi connectivity index (χ4n) is 1.59. The summed E-state index contributed by atoms with van der Waals surface area (Å²) in [6, 6.07) is 1.10. The smallest absolute Gasteiger partial charge is 0.231 e. The number of fused-ring (bicyclic) bond motifs is 1. The first kappa shape index (κ1) is 11.3. The summed E-state index contributed by atoms with van der Waals surface area (Å²) in [6.07, 6.45) is 0.337. The molecule has 1 aliphatic rings. The third-order valence-electron chi connectivity index (χ3n) is 2.45. The molecular weight excluding hydrogens is 234 g/mol. The number of hydrogen-bond donors (Lipinski definition) is 3. The minimum absolute atomic E-state index is 0.0628. The van der Waals surface area contributed by atoms with Crippen LogP contribution in [0.5, 0.6) is 17.2 Å². The molecule has 1 aromatic rings. The molecule has 0 fully saturated rings. The molecule has 16 heavy (non-hydrogen) atoms. The van der Waals surface area contributed by atoms with Crippen molar-refractivity contribution >= 4 is 11.6 Å². The summed E-state index contributed by atoms with van der Waals surface area (Å²) in [5, 5.41) is 18.7. The highest BCUT2D eigenvalue weighted by Crippen LogP contribution is 2.47. The van der Waals surface area contributed by atoms with Gasteiger partial charge in [0, 0.05) is 18.2 Å². The molecule has 1 unspecified atom stereocenters. The van der Waals surface area contributed by atoms with E-state index in [4.69, 9.17) is 31.9 Å². The maximum absolute atomic E-state index is 9.83. The van der Waals surface area contributed by atoms with E-state index in [1.54, 1.807) is 6.07 Å². The number of phenolic OH excluding ortho intramolecular Hbond substituents is 1. The number of aromatic hydroxyl groups is 1. The highest BCUT2D eigenvalue weighted by Gasteiger charge is 2.25. The van der Waals surface area contributed by atoms with Crippen molar-refractivity contribution in [1.82, 2.24) is 0 Å². The normalized spacial score (nSPS) is 15.2. The van der Waals surface area contributed by atoms with Crippen LogP contribution in [-0.4, -0.2) is 23.6 Å². The number of aliphatic hydroxyl groups is 1. The average Bonchev–Trinajstić information content (AvgIpc) is 2.71. The molecule has 1 aromatic carbocycles. The Hall–Kier alpha value is -1.17. The number of nitrogens with two attached hydrogens (primary N) is 1. The zero-order valence-electron chi connectivity index (χ0n) is 8.44. The highest BCUT2D eigenvalue weighted by atomic mass is 35.5. The van der Waals surface area contributed by atoms with E-state index in [0.29, 0.717) is 23.5 Å². The van der Waals surface area contributed by atoms with Crippen LogP contribution in [0.25, 0.3) is 0 Å². The molecular formula is C10H12ClNO4. The maximum atomic E-state index is 9.83. The number of aliphatic hydroxyl groups excluding tert-OH is 1. The summed E-state index contributed by atoms with van der Waals surface area (Å²) in [4.78, 5) is 0. The van der Waals surface area contributed by atoms with Crippen molar-refractivity contribution in [1.29, 1.82) is 0 Å². The lowest BCUT2D eigenvalue weighted by atomic mass is 10.0. The SMILES string of the molecule is NC(CCO)c1cc2c(c(Cl)c1O)OCO2. The van der Waals surface area contributed by atoms with Gasteiger partial charge in [0.1, 0.15) is 10.8 Å². The van der Waals surface area contributed by atoms with Crippen LogP contribution in [0.1, 0.15) is 18.0 Å². The van der Waals surface area contributed by atoms with Crippen LogP contribution < -0.4 is 15.2 Å². The van der Waals surface area contributed by atoms with E-state index in [9.17, 15) is 5.11 Å². The third kappa shape index (κ3) is 1.77. The Labute approximate surface area is 97.3 Å². The van der Waals surface area contributed by atoms with Gasteiger partial charge in [-0.15, -0.1) is 0 Å². The zero-order chi connectivity index (χ0) is 11.7. The summed E-state index contributed by atoms with van der Waals surface area (Å²) in [5.74, 6) is 0.678. The van der Waals surface area contributed by atoms with Crippen LogP contribution in [0.2, 0.25) is 5.02 Å². The summed E-state index contributed by atoms with van der Waals surface area (Å²) in [7, 11) is 0. The molecule has 0 bridgehead atoms. The fraction of sp³-hybridized carbons (Fsp3) is 0.400. The fourth-order valence-corrected chi connectivity index (χ4v) is 1.85. The van der Waals surface area contributed by atoms with E-state index in [-0.39, 0.29) is 24.2 Å². The highest BCUT2D eigenvalue weighted by molar-refractivity contribution is 6.34. The monoisotopic (exact) mass is 245 g/mol. The van der Waals surface area contributed by atoms with Gasteiger partial charge in [-0.05, 0) is 12.5 Å². The summed E-state index contributed by atoms with van der Waals surface area (Å²) in [6.45, 7) is 0.0137. The van der Waals surface area contributed by atoms with Gasteiger partial charge in [-0.3, -0.25) is 0 Å². The van der Waals surface area contributed by atoms with Gasteiger partial charge in [0.25, 0.3) is 0 Å². The lowest BCUT2D eigenvalue weighted by Crippen LogP contribution is -2.12. The second kappa shape index (κ2) is 4.37. The Kier molecular flexibility index (Phi) is 3.09. The molecule has 1 heterocycles. The predicted octanol–water partition coefficient (Wildman–Crippen LogP) is 1.16. The van der Waals surface area contributed by atoms with Crippen LogP contribution in [0.4, 0.5) is 0 Å². The third-order valence-corrected chi connectivity index (χ3v) is 2.80. The average molecular weight is 246 g/mol. The number of hydrogen-bond acceptors (Lipinski definition) is 5. The molecule has 1 aliphatic heterocycles. The first-order valence-electron chi connectivity index (χ1n) is 4.82. The van der Waals surface area contributed by atoms with Crippen LogP contribution in [0.3, 0.4) is 0 Å². The van der Waals surface area contributed by atoms with E-state index in [0.717, 1.165) is 0 Å².